The van der Waals surface area contributed by atoms with E-state index in [4.69, 9.17) is 4.99 Å². The highest BCUT2D eigenvalue weighted by molar-refractivity contribution is 8.00. The van der Waals surface area contributed by atoms with Crippen LogP contribution in [0.15, 0.2) is 80.7 Å². The lowest BCUT2D eigenvalue weighted by Gasteiger charge is -2.22. The number of thioether (sulfide) groups is 1. The largest absolute Gasteiger partial charge is 0.289 e. The zero-order chi connectivity index (χ0) is 19.5. The summed E-state index contributed by atoms with van der Waals surface area (Å²) in [5.74, 6) is 0. The van der Waals surface area contributed by atoms with E-state index in [9.17, 15) is 0 Å². The van der Waals surface area contributed by atoms with Crippen LogP contribution in [0.25, 0.3) is 0 Å². The first-order chi connectivity index (χ1) is 14.4. The summed E-state index contributed by atoms with van der Waals surface area (Å²) < 4.78 is 0. The van der Waals surface area contributed by atoms with Crippen molar-refractivity contribution in [1.82, 2.24) is 0 Å². The number of aliphatic imine (C=N–C) groups is 1. The summed E-state index contributed by atoms with van der Waals surface area (Å²) in [5, 5.41) is 0.521. The van der Waals surface area contributed by atoms with Crippen molar-refractivity contribution in [2.75, 3.05) is 6.54 Å². The average molecular weight is 402 g/mol. The van der Waals surface area contributed by atoms with Gasteiger partial charge >= 0.3 is 0 Å². The van der Waals surface area contributed by atoms with Gasteiger partial charge in [-0.25, -0.2) is 0 Å². The highest BCUT2D eigenvalue weighted by Crippen LogP contribution is 2.49. The molecule has 0 N–H and O–H groups in total. The van der Waals surface area contributed by atoms with Crippen LogP contribution in [0.5, 0.6) is 0 Å². The lowest BCUT2D eigenvalue weighted by molar-refractivity contribution is 0.639. The van der Waals surface area contributed by atoms with E-state index >= 15 is 0 Å². The van der Waals surface area contributed by atoms with Crippen LogP contribution in [0, 0.1) is 0 Å². The van der Waals surface area contributed by atoms with Gasteiger partial charge in [-0.2, -0.15) is 0 Å². The van der Waals surface area contributed by atoms with Crippen molar-refractivity contribution in [3.8, 4) is 0 Å². The summed E-state index contributed by atoms with van der Waals surface area (Å²) in [4.78, 5) is 6.50. The fourth-order valence-corrected chi connectivity index (χ4v) is 6.67. The van der Waals surface area contributed by atoms with Crippen LogP contribution >= 0.6 is 11.8 Å². The van der Waals surface area contributed by atoms with Crippen LogP contribution in [0.4, 0.5) is 0 Å². The van der Waals surface area contributed by atoms with Crippen LogP contribution in [-0.2, 0) is 0 Å². The van der Waals surface area contributed by atoms with Gasteiger partial charge in [-0.05, 0) is 73.3 Å². The fraction of sp³-hybridized carbons (Fsp3) is 0.444. The van der Waals surface area contributed by atoms with Crippen LogP contribution < -0.4 is 0 Å². The van der Waals surface area contributed by atoms with E-state index < -0.39 is 0 Å². The zero-order valence-corrected chi connectivity index (χ0v) is 18.1. The molecule has 0 radical (unpaired) electrons. The van der Waals surface area contributed by atoms with Crippen LogP contribution in [0.1, 0.15) is 69.8 Å². The van der Waals surface area contributed by atoms with E-state index in [2.05, 4.69) is 60.3 Å². The van der Waals surface area contributed by atoms with Gasteiger partial charge in [0.1, 0.15) is 0 Å². The number of hydrogen-bond donors (Lipinski definition) is 0. The number of allylic oxidation sites excluding steroid dienone is 6. The fourth-order valence-electron chi connectivity index (χ4n) is 5.17. The number of benzene rings is 1. The van der Waals surface area contributed by atoms with E-state index in [1.807, 2.05) is 0 Å². The maximum atomic E-state index is 5.07. The van der Waals surface area contributed by atoms with E-state index in [-0.39, 0.29) is 0 Å². The molecule has 3 aliphatic carbocycles. The quantitative estimate of drug-likeness (QED) is 0.508. The SMILES string of the molecule is C1=CC2=C(CC1)C(Sc1ccccc1C1=NCCCCCCC1)C1=C2C=CCC1. The first kappa shape index (κ1) is 19.2. The molecule has 0 saturated heterocycles. The van der Waals surface area contributed by atoms with Gasteiger partial charge in [-0.3, -0.25) is 4.99 Å². The molecule has 1 aromatic rings. The topological polar surface area (TPSA) is 12.4 Å². The molecule has 150 valence electrons. The Balaban J connectivity index is 1.48. The molecule has 0 saturated carbocycles. The van der Waals surface area contributed by atoms with Crippen molar-refractivity contribution in [1.29, 1.82) is 0 Å². The second-order valence-electron chi connectivity index (χ2n) is 8.60. The van der Waals surface area contributed by atoms with Crippen LogP contribution in [0.2, 0.25) is 0 Å². The Bertz CT molecular complexity index is 890. The molecule has 4 aliphatic rings. The highest BCUT2D eigenvalue weighted by atomic mass is 32.2. The first-order valence-corrected chi connectivity index (χ1v) is 12.4. The molecule has 1 aromatic carbocycles. The predicted octanol–water partition coefficient (Wildman–Crippen LogP) is 7.60. The third-order valence-corrected chi connectivity index (χ3v) is 8.08. The lowest BCUT2D eigenvalue weighted by Crippen LogP contribution is -2.11. The molecule has 1 nitrogen and oxygen atoms in total. The molecule has 0 fully saturated rings. The van der Waals surface area contributed by atoms with E-state index in [0.29, 0.717) is 5.25 Å². The van der Waals surface area contributed by atoms with Gasteiger partial charge in [0.25, 0.3) is 0 Å². The van der Waals surface area contributed by atoms with Gasteiger partial charge in [-0.1, -0.05) is 61.8 Å². The van der Waals surface area contributed by atoms with Crippen molar-refractivity contribution in [3.05, 3.63) is 76.4 Å². The highest BCUT2D eigenvalue weighted by Gasteiger charge is 2.34. The molecule has 0 atom stereocenters. The Kier molecular flexibility index (Phi) is 5.90. The van der Waals surface area contributed by atoms with Crippen molar-refractivity contribution in [2.24, 2.45) is 4.99 Å². The lowest BCUT2D eigenvalue weighted by atomic mass is 9.95. The monoisotopic (exact) mass is 401 g/mol. The Labute approximate surface area is 179 Å². The van der Waals surface area contributed by atoms with Gasteiger partial charge in [-0.15, -0.1) is 11.8 Å². The van der Waals surface area contributed by atoms with Crippen molar-refractivity contribution in [3.63, 3.8) is 0 Å². The Morgan fingerprint density at radius 2 is 1.45 bits per heavy atom. The summed E-state index contributed by atoms with van der Waals surface area (Å²) in [7, 11) is 0. The van der Waals surface area contributed by atoms with Crippen molar-refractivity contribution >= 4 is 17.5 Å². The Morgan fingerprint density at radius 1 is 0.759 bits per heavy atom. The molecule has 0 unspecified atom stereocenters. The van der Waals surface area contributed by atoms with Gasteiger partial charge in [0.2, 0.25) is 0 Å². The average Bonchev–Trinajstić information content (AvgIpc) is 3.15. The molecule has 1 heterocycles. The molecular formula is C27H31NS. The minimum absolute atomic E-state index is 0.521. The molecule has 1 aliphatic heterocycles. The smallest absolute Gasteiger partial charge is 0.0532 e. The normalized spacial score (nSPS) is 22.7. The Hall–Kier alpha value is -1.80. The molecule has 5 rings (SSSR count). The summed E-state index contributed by atoms with van der Waals surface area (Å²) in [5.41, 5.74) is 9.13. The number of hydrogen-bond acceptors (Lipinski definition) is 2. The van der Waals surface area contributed by atoms with Crippen molar-refractivity contribution < 1.29 is 0 Å². The van der Waals surface area contributed by atoms with Gasteiger partial charge in [0, 0.05) is 22.7 Å². The number of rotatable bonds is 3. The maximum Gasteiger partial charge on any atom is 0.0532 e. The van der Waals surface area contributed by atoms with E-state index in [0.717, 1.165) is 13.0 Å². The molecular weight excluding hydrogens is 370 g/mol. The number of fused-ring (bicyclic) bond motifs is 1. The van der Waals surface area contributed by atoms with Crippen molar-refractivity contribution in [2.45, 2.75) is 74.4 Å². The van der Waals surface area contributed by atoms with Gasteiger partial charge < -0.3 is 0 Å². The van der Waals surface area contributed by atoms with E-state index in [1.165, 1.54) is 85.1 Å². The van der Waals surface area contributed by atoms with E-state index in [1.54, 1.807) is 11.1 Å². The standard InChI is InChI=1S/C27H31NS/c1-2-4-17-25(28-19-11-3-1)24-16-9-10-18-26(24)29-27-22-14-7-5-12-20(22)21-13-6-8-15-23(21)27/h5-6,9-10,12-13,16,18,27H,1-4,7-8,11,14-15,17,19H2. The third kappa shape index (κ3) is 3.97. The molecule has 0 aromatic heterocycles. The molecule has 0 amide bonds. The summed E-state index contributed by atoms with van der Waals surface area (Å²) in [6.07, 6.45) is 22.0. The minimum Gasteiger partial charge on any atom is -0.289 e. The first-order valence-electron chi connectivity index (χ1n) is 11.5. The zero-order valence-electron chi connectivity index (χ0n) is 17.3. The third-order valence-electron chi connectivity index (χ3n) is 6.66. The molecule has 0 spiro atoms. The van der Waals surface area contributed by atoms with Gasteiger partial charge in [0.15, 0.2) is 0 Å². The molecule has 29 heavy (non-hydrogen) atoms. The molecule has 2 heteroatoms. The second-order valence-corrected chi connectivity index (χ2v) is 9.75. The summed E-state index contributed by atoms with van der Waals surface area (Å²) in [6, 6.07) is 9.07. The second kappa shape index (κ2) is 8.92. The van der Waals surface area contributed by atoms with Crippen LogP contribution in [0.3, 0.4) is 0 Å². The van der Waals surface area contributed by atoms with Gasteiger partial charge in [0.05, 0.1) is 5.25 Å². The minimum atomic E-state index is 0.521. The summed E-state index contributed by atoms with van der Waals surface area (Å²) >= 11 is 2.10. The Morgan fingerprint density at radius 3 is 2.24 bits per heavy atom. The van der Waals surface area contributed by atoms with Crippen LogP contribution in [-0.4, -0.2) is 17.5 Å². The maximum absolute atomic E-state index is 5.07. The molecule has 0 bridgehead atoms. The number of nitrogens with zero attached hydrogens (tertiary/aromatic N) is 1. The predicted molar refractivity (Wildman–Crippen MR) is 126 cm³/mol. The summed E-state index contributed by atoms with van der Waals surface area (Å²) in [6.45, 7) is 0.998.